The summed E-state index contributed by atoms with van der Waals surface area (Å²) in [7, 11) is 0.968. The standard InChI is InChI=1S/C14H22NO3.ClHO4/c1-15(2,3)10-13(16)9-14(17)18-11-12-7-5-4-6-8-12;2-1(3,4)5/h4-8,13,16H,9-11H2,1-3H3;(H,2,3,4,5)/q+1;/p-1/t13-;/m0./s1. The van der Waals surface area contributed by atoms with Gasteiger partial charge in [-0.3, -0.25) is 4.79 Å². The van der Waals surface area contributed by atoms with Crippen LogP contribution in [0.3, 0.4) is 0 Å². The second-order valence-electron chi connectivity index (χ2n) is 5.86. The molecule has 0 aromatic heterocycles. The molecule has 0 fully saturated rings. The van der Waals surface area contributed by atoms with E-state index in [1.807, 2.05) is 51.5 Å². The molecule has 1 aromatic carbocycles. The van der Waals surface area contributed by atoms with E-state index in [0.717, 1.165) is 5.56 Å². The summed E-state index contributed by atoms with van der Waals surface area (Å²) in [6.45, 7) is 0.789. The molecule has 8 nitrogen and oxygen atoms in total. The maximum absolute atomic E-state index is 11.5. The molecule has 0 aliphatic carbocycles. The van der Waals surface area contributed by atoms with E-state index in [4.69, 9.17) is 23.4 Å². The number of rotatable bonds is 6. The van der Waals surface area contributed by atoms with Gasteiger partial charge in [-0.05, 0) is 5.56 Å². The van der Waals surface area contributed by atoms with E-state index in [0.29, 0.717) is 11.0 Å². The van der Waals surface area contributed by atoms with Crippen molar-refractivity contribution in [3.63, 3.8) is 0 Å². The molecule has 23 heavy (non-hydrogen) atoms. The molecule has 132 valence electrons. The first-order chi connectivity index (χ1) is 10.4. The van der Waals surface area contributed by atoms with Crippen molar-refractivity contribution in [1.29, 1.82) is 0 Å². The van der Waals surface area contributed by atoms with E-state index < -0.39 is 16.3 Å². The Labute approximate surface area is 137 Å². The predicted molar refractivity (Wildman–Crippen MR) is 69.8 cm³/mol. The van der Waals surface area contributed by atoms with Gasteiger partial charge in [0.15, 0.2) is 0 Å². The summed E-state index contributed by atoms with van der Waals surface area (Å²) in [4.78, 5) is 11.5. The maximum atomic E-state index is 11.5. The molecule has 1 aromatic rings. The Morgan fingerprint density at radius 2 is 1.65 bits per heavy atom. The number of ether oxygens (including phenoxy) is 1. The molecule has 0 aliphatic heterocycles. The molecule has 0 radical (unpaired) electrons. The third-order valence-corrected chi connectivity index (χ3v) is 2.40. The van der Waals surface area contributed by atoms with Gasteiger partial charge in [-0.15, -0.1) is 10.2 Å². The first kappa shape index (κ1) is 21.7. The average Bonchev–Trinajstić information content (AvgIpc) is 2.33. The topological polar surface area (TPSA) is 139 Å². The van der Waals surface area contributed by atoms with Crippen LogP contribution in [0.15, 0.2) is 30.3 Å². The monoisotopic (exact) mass is 351 g/mol. The van der Waals surface area contributed by atoms with E-state index in [2.05, 4.69) is 0 Å². The maximum Gasteiger partial charge on any atom is 0.308 e. The van der Waals surface area contributed by atoms with Crippen molar-refractivity contribution in [2.75, 3.05) is 27.7 Å². The van der Waals surface area contributed by atoms with Crippen LogP contribution in [0.4, 0.5) is 0 Å². The minimum Gasteiger partial charge on any atom is -0.461 e. The van der Waals surface area contributed by atoms with Gasteiger partial charge >= 0.3 is 5.97 Å². The molecule has 0 amide bonds. The number of carbonyl (C=O) groups excluding carboxylic acids is 1. The van der Waals surface area contributed by atoms with Crippen molar-refractivity contribution in [3.05, 3.63) is 35.9 Å². The molecule has 0 aliphatic rings. The quantitative estimate of drug-likeness (QED) is 0.413. The minimum absolute atomic E-state index is 0.0440. The molecular weight excluding hydrogens is 330 g/mol. The second-order valence-corrected chi connectivity index (χ2v) is 6.61. The lowest BCUT2D eigenvalue weighted by molar-refractivity contribution is -2.00. The highest BCUT2D eigenvalue weighted by molar-refractivity contribution is 5.69. The molecule has 0 saturated heterocycles. The SMILES string of the molecule is C[N+](C)(C)C[C@@H](O)CC(=O)OCc1ccccc1.[O-][Cl+3]([O-])([O-])[O-]. The van der Waals surface area contributed by atoms with E-state index in [1.54, 1.807) is 0 Å². The summed E-state index contributed by atoms with van der Waals surface area (Å²) >= 11 is 0. The number of hydrogen-bond acceptors (Lipinski definition) is 7. The highest BCUT2D eigenvalue weighted by Crippen LogP contribution is 2.04. The van der Waals surface area contributed by atoms with Crippen molar-refractivity contribution in [3.8, 4) is 0 Å². The molecular formula is C14H22ClNO7. The Kier molecular flexibility index (Phi) is 9.25. The lowest BCUT2D eigenvalue weighted by atomic mass is 10.2. The van der Waals surface area contributed by atoms with Crippen LogP contribution in [0.25, 0.3) is 0 Å². The summed E-state index contributed by atoms with van der Waals surface area (Å²) in [5.41, 5.74) is 0.951. The Bertz CT molecular complexity index is 450. The fourth-order valence-electron chi connectivity index (χ4n) is 1.69. The van der Waals surface area contributed by atoms with Crippen LogP contribution in [-0.4, -0.2) is 49.4 Å². The molecule has 1 N–H and O–H groups in total. The number of hydrogen-bond donors (Lipinski definition) is 1. The van der Waals surface area contributed by atoms with Gasteiger partial charge in [-0.2, -0.15) is 0 Å². The number of quaternary nitrogens is 1. The number of aliphatic hydroxyl groups is 1. The lowest BCUT2D eigenvalue weighted by Crippen LogP contribution is -2.68. The van der Waals surface area contributed by atoms with Crippen molar-refractivity contribution in [2.24, 2.45) is 0 Å². The van der Waals surface area contributed by atoms with E-state index >= 15 is 0 Å². The number of likely N-dealkylation sites (N-methyl/N-ethyl adjacent to an activating group) is 1. The zero-order valence-electron chi connectivity index (χ0n) is 13.3. The molecule has 1 rings (SSSR count). The number of esters is 1. The molecule has 1 atom stereocenters. The summed E-state index contributed by atoms with van der Waals surface area (Å²) in [5, 5.41) is 9.74. The van der Waals surface area contributed by atoms with Crippen LogP contribution >= 0.6 is 0 Å². The smallest absolute Gasteiger partial charge is 0.308 e. The van der Waals surface area contributed by atoms with Gasteiger partial charge in [0.1, 0.15) is 19.3 Å². The molecule has 0 heterocycles. The average molecular weight is 352 g/mol. The Morgan fingerprint density at radius 1 is 1.17 bits per heavy atom. The summed E-state index contributed by atoms with van der Waals surface area (Å²) in [6.07, 6.45) is -0.615. The number of halogens is 1. The summed E-state index contributed by atoms with van der Waals surface area (Å²) in [6, 6.07) is 9.51. The minimum atomic E-state index is -4.94. The van der Waals surface area contributed by atoms with Crippen molar-refractivity contribution < 1.29 is 48.0 Å². The second kappa shape index (κ2) is 9.78. The van der Waals surface area contributed by atoms with Gasteiger partial charge in [0, 0.05) is 0 Å². The predicted octanol–water partition coefficient (Wildman–Crippen LogP) is -3.57. The lowest BCUT2D eigenvalue weighted by Gasteiger charge is -2.26. The summed E-state index contributed by atoms with van der Waals surface area (Å²) < 4.78 is 39.7. The molecule has 0 saturated carbocycles. The van der Waals surface area contributed by atoms with Gasteiger partial charge in [0.25, 0.3) is 0 Å². The highest BCUT2D eigenvalue weighted by atomic mass is 35.7. The first-order valence-corrected chi connectivity index (χ1v) is 7.90. The van der Waals surface area contributed by atoms with E-state index in [-0.39, 0.29) is 19.0 Å². The Balaban J connectivity index is 0.000000841. The van der Waals surface area contributed by atoms with E-state index in [9.17, 15) is 9.90 Å². The van der Waals surface area contributed by atoms with Crippen LogP contribution in [0, 0.1) is 10.2 Å². The van der Waals surface area contributed by atoms with Gasteiger partial charge < -0.3 is 14.3 Å². The summed E-state index contributed by atoms with van der Waals surface area (Å²) in [5.74, 6) is -0.361. The zero-order chi connectivity index (χ0) is 18.1. The van der Waals surface area contributed by atoms with Crippen molar-refractivity contribution in [2.45, 2.75) is 19.1 Å². The normalized spacial score (nSPS) is 12.9. The number of carbonyl (C=O) groups is 1. The third-order valence-electron chi connectivity index (χ3n) is 2.40. The number of benzene rings is 1. The molecule has 0 spiro atoms. The molecule has 0 bridgehead atoms. The first-order valence-electron chi connectivity index (χ1n) is 6.66. The van der Waals surface area contributed by atoms with Crippen LogP contribution in [0.5, 0.6) is 0 Å². The van der Waals surface area contributed by atoms with Crippen LogP contribution in [0.2, 0.25) is 0 Å². The fourth-order valence-corrected chi connectivity index (χ4v) is 1.69. The van der Waals surface area contributed by atoms with Crippen LogP contribution in [0.1, 0.15) is 12.0 Å². The van der Waals surface area contributed by atoms with E-state index in [1.165, 1.54) is 0 Å². The number of aliphatic hydroxyl groups excluding tert-OH is 1. The highest BCUT2D eigenvalue weighted by Gasteiger charge is 2.19. The largest absolute Gasteiger partial charge is 0.461 e. The third kappa shape index (κ3) is 16.9. The van der Waals surface area contributed by atoms with Crippen LogP contribution < -0.4 is 18.6 Å². The van der Waals surface area contributed by atoms with Gasteiger partial charge in [0.2, 0.25) is 0 Å². The fraction of sp³-hybridized carbons (Fsp3) is 0.500. The van der Waals surface area contributed by atoms with Crippen molar-refractivity contribution in [1.82, 2.24) is 0 Å². The molecule has 0 unspecified atom stereocenters. The Morgan fingerprint density at radius 3 is 2.09 bits per heavy atom. The van der Waals surface area contributed by atoms with Crippen LogP contribution in [-0.2, 0) is 16.1 Å². The molecule has 9 heteroatoms. The van der Waals surface area contributed by atoms with Crippen molar-refractivity contribution >= 4 is 5.97 Å². The Hall–Kier alpha value is -1.26. The van der Waals surface area contributed by atoms with Gasteiger partial charge in [-0.25, -0.2) is 18.6 Å². The number of nitrogens with zero attached hydrogens (tertiary/aromatic N) is 1. The zero-order valence-corrected chi connectivity index (χ0v) is 14.1. The van der Waals surface area contributed by atoms with Gasteiger partial charge in [0.05, 0.1) is 27.6 Å². The van der Waals surface area contributed by atoms with Gasteiger partial charge in [-0.1, -0.05) is 30.3 Å².